The Labute approximate surface area is 129 Å². The van der Waals surface area contributed by atoms with Gasteiger partial charge in [-0.2, -0.15) is 0 Å². The van der Waals surface area contributed by atoms with E-state index in [2.05, 4.69) is 4.98 Å². The number of phenolic OH excluding ortho intramolecular Hbond substituents is 1. The number of carbonyl (C=O) groups is 1. The summed E-state index contributed by atoms with van der Waals surface area (Å²) in [6.07, 6.45) is 5.04. The van der Waals surface area contributed by atoms with Gasteiger partial charge in [-0.15, -0.1) is 0 Å². The molecular weight excluding hydrogens is 278 g/mol. The van der Waals surface area contributed by atoms with Crippen LogP contribution in [0, 0.1) is 5.92 Å². The van der Waals surface area contributed by atoms with E-state index in [1.165, 1.54) is 18.9 Å². The second-order valence-electron chi connectivity index (χ2n) is 5.68. The maximum atomic E-state index is 12.2. The molecule has 0 saturated heterocycles. The van der Waals surface area contributed by atoms with Crippen molar-refractivity contribution in [1.82, 2.24) is 4.98 Å². The molecule has 1 fully saturated rings. The van der Waals surface area contributed by atoms with Crippen LogP contribution in [0.2, 0.25) is 0 Å². The van der Waals surface area contributed by atoms with Gasteiger partial charge in [0.05, 0.1) is 12.2 Å². The van der Waals surface area contributed by atoms with E-state index < -0.39 is 0 Å². The van der Waals surface area contributed by atoms with Crippen molar-refractivity contribution in [2.24, 2.45) is 5.92 Å². The van der Waals surface area contributed by atoms with E-state index in [0.717, 1.165) is 5.69 Å². The van der Waals surface area contributed by atoms with Crippen LogP contribution in [0.3, 0.4) is 0 Å². The topological polar surface area (TPSA) is 59.4 Å². The number of Topliss-reactive ketones (excluding diaryl/α,β-unsaturated/α-hetero) is 1. The van der Waals surface area contributed by atoms with Crippen LogP contribution in [0.4, 0.5) is 0 Å². The van der Waals surface area contributed by atoms with Crippen molar-refractivity contribution in [3.63, 3.8) is 0 Å². The largest absolute Gasteiger partial charge is 0.507 e. The molecule has 0 spiro atoms. The molecule has 1 aliphatic carbocycles. The summed E-state index contributed by atoms with van der Waals surface area (Å²) in [5, 5.41) is 10.0. The number of aromatic hydroxyl groups is 1. The molecule has 1 saturated carbocycles. The number of ether oxygens (including phenoxy) is 1. The minimum Gasteiger partial charge on any atom is -0.507 e. The Balaban J connectivity index is 1.59. The van der Waals surface area contributed by atoms with E-state index in [1.807, 2.05) is 18.2 Å². The van der Waals surface area contributed by atoms with Crippen LogP contribution in [-0.2, 0) is 6.42 Å². The van der Waals surface area contributed by atoms with E-state index in [0.29, 0.717) is 36.7 Å². The minimum absolute atomic E-state index is 0.0145. The van der Waals surface area contributed by atoms with E-state index in [-0.39, 0.29) is 11.5 Å². The number of hydrogen-bond acceptors (Lipinski definition) is 4. The molecule has 0 aliphatic heterocycles. The third-order valence-electron chi connectivity index (χ3n) is 3.79. The zero-order valence-corrected chi connectivity index (χ0v) is 12.4. The summed E-state index contributed by atoms with van der Waals surface area (Å²) < 4.78 is 5.59. The highest BCUT2D eigenvalue weighted by atomic mass is 16.5. The van der Waals surface area contributed by atoms with Gasteiger partial charge >= 0.3 is 0 Å². The lowest BCUT2D eigenvalue weighted by Gasteiger charge is -2.08. The van der Waals surface area contributed by atoms with Crippen molar-refractivity contribution in [2.45, 2.75) is 25.7 Å². The molecule has 0 atom stereocenters. The van der Waals surface area contributed by atoms with Crippen LogP contribution >= 0.6 is 0 Å². The number of phenols is 1. The fourth-order valence-corrected chi connectivity index (χ4v) is 2.26. The third kappa shape index (κ3) is 3.85. The first-order chi connectivity index (χ1) is 10.7. The molecule has 1 heterocycles. The van der Waals surface area contributed by atoms with Crippen LogP contribution in [0.25, 0.3) is 0 Å². The first-order valence-electron chi connectivity index (χ1n) is 7.61. The van der Waals surface area contributed by atoms with Crippen molar-refractivity contribution in [1.29, 1.82) is 0 Å². The summed E-state index contributed by atoms with van der Waals surface area (Å²) in [5.74, 6) is 1.17. The van der Waals surface area contributed by atoms with Crippen LogP contribution in [-0.4, -0.2) is 22.5 Å². The monoisotopic (exact) mass is 297 g/mol. The van der Waals surface area contributed by atoms with E-state index >= 15 is 0 Å². The molecule has 4 heteroatoms. The second-order valence-corrected chi connectivity index (χ2v) is 5.68. The summed E-state index contributed by atoms with van der Waals surface area (Å²) in [6.45, 7) is 0.687. The van der Waals surface area contributed by atoms with Crippen molar-refractivity contribution < 1.29 is 14.6 Å². The van der Waals surface area contributed by atoms with Gasteiger partial charge in [0.25, 0.3) is 0 Å². The number of pyridine rings is 1. The van der Waals surface area contributed by atoms with Gasteiger partial charge in [0.15, 0.2) is 5.78 Å². The van der Waals surface area contributed by atoms with Gasteiger partial charge in [0, 0.05) is 24.4 Å². The van der Waals surface area contributed by atoms with Crippen LogP contribution in [0.15, 0.2) is 42.6 Å². The second kappa shape index (κ2) is 6.60. The van der Waals surface area contributed by atoms with Crippen LogP contribution < -0.4 is 4.74 Å². The smallest absolute Gasteiger partial charge is 0.166 e. The van der Waals surface area contributed by atoms with E-state index in [9.17, 15) is 9.90 Å². The Bertz CT molecular complexity index is 651. The predicted octanol–water partition coefficient (Wildman–Crippen LogP) is 3.39. The Hall–Kier alpha value is -2.36. The summed E-state index contributed by atoms with van der Waals surface area (Å²) in [4.78, 5) is 16.4. The van der Waals surface area contributed by atoms with Crippen molar-refractivity contribution in [2.75, 3.05) is 6.61 Å². The zero-order valence-electron chi connectivity index (χ0n) is 12.4. The summed E-state index contributed by atoms with van der Waals surface area (Å²) in [7, 11) is 0. The van der Waals surface area contributed by atoms with Gasteiger partial charge in [-0.25, -0.2) is 0 Å². The molecule has 0 radical (unpaired) electrons. The lowest BCUT2D eigenvalue weighted by Crippen LogP contribution is -2.04. The lowest BCUT2D eigenvalue weighted by molar-refractivity contribution is 0.0980. The summed E-state index contributed by atoms with van der Waals surface area (Å²) in [6, 6.07) is 10.5. The SMILES string of the molecule is O=C(CCc1ccccn1)c1ccc(OCC2CC2)cc1O. The van der Waals surface area contributed by atoms with Crippen molar-refractivity contribution in [3.8, 4) is 11.5 Å². The number of hydrogen-bond donors (Lipinski definition) is 1. The highest BCUT2D eigenvalue weighted by molar-refractivity contribution is 5.98. The Kier molecular flexibility index (Phi) is 4.37. The standard InChI is InChI=1S/C18H19NO3/c20-17(9-6-14-3-1-2-10-19-14)16-8-7-15(11-18(16)21)22-12-13-4-5-13/h1-3,7-8,10-11,13,21H,4-6,9,12H2. The van der Waals surface area contributed by atoms with Gasteiger partial charge in [0.2, 0.25) is 0 Å². The fourth-order valence-electron chi connectivity index (χ4n) is 2.26. The molecule has 3 rings (SSSR count). The molecule has 4 nitrogen and oxygen atoms in total. The number of rotatable bonds is 7. The molecular formula is C18H19NO3. The first kappa shape index (κ1) is 14.6. The summed E-state index contributed by atoms with van der Waals surface area (Å²) in [5.41, 5.74) is 1.22. The average Bonchev–Trinajstić information content (AvgIpc) is 3.36. The lowest BCUT2D eigenvalue weighted by atomic mass is 10.0. The van der Waals surface area contributed by atoms with Crippen LogP contribution in [0.1, 0.15) is 35.3 Å². The summed E-state index contributed by atoms with van der Waals surface area (Å²) >= 11 is 0. The first-order valence-corrected chi connectivity index (χ1v) is 7.61. The molecule has 2 aromatic rings. The number of aromatic nitrogens is 1. The van der Waals surface area contributed by atoms with Crippen LogP contribution in [0.5, 0.6) is 11.5 Å². The highest BCUT2D eigenvalue weighted by Crippen LogP contribution is 2.31. The normalized spacial score (nSPS) is 13.8. The maximum Gasteiger partial charge on any atom is 0.166 e. The van der Waals surface area contributed by atoms with Crippen molar-refractivity contribution >= 4 is 5.78 Å². The molecule has 0 amide bonds. The van der Waals surface area contributed by atoms with Gasteiger partial charge < -0.3 is 9.84 Å². The van der Waals surface area contributed by atoms with Gasteiger partial charge in [-0.05, 0) is 49.4 Å². The Morgan fingerprint density at radius 2 is 2.14 bits per heavy atom. The van der Waals surface area contributed by atoms with Gasteiger partial charge in [-0.3, -0.25) is 9.78 Å². The number of benzene rings is 1. The van der Waals surface area contributed by atoms with E-state index in [4.69, 9.17) is 4.74 Å². The molecule has 114 valence electrons. The molecule has 1 aromatic heterocycles. The third-order valence-corrected chi connectivity index (χ3v) is 3.79. The van der Waals surface area contributed by atoms with E-state index in [1.54, 1.807) is 18.3 Å². The molecule has 0 unspecified atom stereocenters. The average molecular weight is 297 g/mol. The number of aryl methyl sites for hydroxylation is 1. The number of nitrogens with zero attached hydrogens (tertiary/aromatic N) is 1. The molecule has 1 aromatic carbocycles. The Morgan fingerprint density at radius 3 is 2.82 bits per heavy atom. The van der Waals surface area contributed by atoms with Gasteiger partial charge in [-0.1, -0.05) is 6.07 Å². The molecule has 22 heavy (non-hydrogen) atoms. The quantitative estimate of drug-likeness (QED) is 0.796. The fraction of sp³-hybridized carbons (Fsp3) is 0.333. The van der Waals surface area contributed by atoms with Gasteiger partial charge in [0.1, 0.15) is 11.5 Å². The highest BCUT2D eigenvalue weighted by Gasteiger charge is 2.22. The minimum atomic E-state index is -0.0862. The number of carbonyl (C=O) groups excluding carboxylic acids is 1. The molecule has 0 bridgehead atoms. The molecule has 1 aliphatic rings. The number of ketones is 1. The molecule has 1 N–H and O–H groups in total. The van der Waals surface area contributed by atoms with Crippen molar-refractivity contribution in [3.05, 3.63) is 53.9 Å². The predicted molar refractivity (Wildman–Crippen MR) is 83.2 cm³/mol. The Morgan fingerprint density at radius 1 is 1.27 bits per heavy atom. The maximum absolute atomic E-state index is 12.2. The zero-order chi connectivity index (χ0) is 15.4.